The highest BCUT2D eigenvalue weighted by molar-refractivity contribution is 5.90. The normalized spacial score (nSPS) is 9.87. The Labute approximate surface area is 135 Å². The van der Waals surface area contributed by atoms with Crippen LogP contribution in [0.4, 0.5) is 10.5 Å². The van der Waals surface area contributed by atoms with Crippen LogP contribution in [0.1, 0.15) is 5.56 Å². The summed E-state index contributed by atoms with van der Waals surface area (Å²) in [4.78, 5) is 12.0. The molecule has 0 unspecified atom stereocenters. The molecule has 0 saturated carbocycles. The Balaban J connectivity index is 1.99. The van der Waals surface area contributed by atoms with E-state index in [-0.39, 0.29) is 6.03 Å². The van der Waals surface area contributed by atoms with Crippen molar-refractivity contribution in [3.05, 3.63) is 48.0 Å². The summed E-state index contributed by atoms with van der Waals surface area (Å²) in [7, 11) is 4.72. The summed E-state index contributed by atoms with van der Waals surface area (Å²) < 4.78 is 15.6. The van der Waals surface area contributed by atoms with Crippen LogP contribution in [0.15, 0.2) is 42.5 Å². The number of methoxy groups -OCH3 is 3. The van der Waals surface area contributed by atoms with Crippen molar-refractivity contribution in [1.82, 2.24) is 5.32 Å². The molecule has 122 valence electrons. The molecule has 0 radical (unpaired) electrons. The minimum absolute atomic E-state index is 0.327. The third kappa shape index (κ3) is 4.29. The van der Waals surface area contributed by atoms with Crippen LogP contribution in [-0.2, 0) is 6.54 Å². The van der Waals surface area contributed by atoms with E-state index in [4.69, 9.17) is 14.2 Å². The first kappa shape index (κ1) is 16.5. The number of amides is 2. The molecule has 2 N–H and O–H groups in total. The monoisotopic (exact) mass is 316 g/mol. The fourth-order valence-electron chi connectivity index (χ4n) is 2.09. The third-order valence-corrected chi connectivity index (χ3v) is 3.29. The van der Waals surface area contributed by atoms with Gasteiger partial charge in [-0.1, -0.05) is 12.1 Å². The van der Waals surface area contributed by atoms with E-state index in [1.54, 1.807) is 39.5 Å². The first-order valence-electron chi connectivity index (χ1n) is 7.06. The van der Waals surface area contributed by atoms with Crippen molar-refractivity contribution in [2.24, 2.45) is 0 Å². The number of carbonyl (C=O) groups excluding carboxylic acids is 1. The maximum absolute atomic E-state index is 12.0. The Bertz CT molecular complexity index is 673. The Morgan fingerprint density at radius 3 is 2.39 bits per heavy atom. The van der Waals surface area contributed by atoms with Gasteiger partial charge in [-0.25, -0.2) is 4.79 Å². The molecule has 2 amide bonds. The van der Waals surface area contributed by atoms with Crippen molar-refractivity contribution in [2.75, 3.05) is 26.6 Å². The van der Waals surface area contributed by atoms with Gasteiger partial charge in [0, 0.05) is 18.2 Å². The maximum Gasteiger partial charge on any atom is 0.319 e. The predicted octanol–water partition coefficient (Wildman–Crippen LogP) is 3.03. The van der Waals surface area contributed by atoms with E-state index in [1.807, 2.05) is 24.3 Å². The lowest BCUT2D eigenvalue weighted by molar-refractivity contribution is 0.251. The van der Waals surface area contributed by atoms with E-state index >= 15 is 0 Å². The average Bonchev–Trinajstić information content (AvgIpc) is 2.60. The largest absolute Gasteiger partial charge is 0.497 e. The molecular formula is C17H20N2O4. The van der Waals surface area contributed by atoms with Crippen molar-refractivity contribution in [3.63, 3.8) is 0 Å². The van der Waals surface area contributed by atoms with Crippen LogP contribution >= 0.6 is 0 Å². The summed E-state index contributed by atoms with van der Waals surface area (Å²) in [6.07, 6.45) is 0. The van der Waals surface area contributed by atoms with E-state index in [2.05, 4.69) is 10.6 Å². The molecule has 0 bridgehead atoms. The predicted molar refractivity (Wildman–Crippen MR) is 88.4 cm³/mol. The van der Waals surface area contributed by atoms with E-state index in [0.717, 1.165) is 5.56 Å². The van der Waals surface area contributed by atoms with Crippen LogP contribution < -0.4 is 24.8 Å². The molecular weight excluding hydrogens is 296 g/mol. The van der Waals surface area contributed by atoms with Gasteiger partial charge in [-0.05, 0) is 24.3 Å². The lowest BCUT2D eigenvalue weighted by Gasteiger charge is -2.13. The summed E-state index contributed by atoms with van der Waals surface area (Å²) in [5, 5.41) is 5.54. The van der Waals surface area contributed by atoms with Crippen LogP contribution in [0.3, 0.4) is 0 Å². The number of nitrogens with one attached hydrogen (secondary N) is 2. The average molecular weight is 316 g/mol. The van der Waals surface area contributed by atoms with Gasteiger partial charge in [-0.15, -0.1) is 0 Å². The molecule has 0 aliphatic heterocycles. The summed E-state index contributed by atoms with van der Waals surface area (Å²) in [5.41, 5.74) is 1.46. The van der Waals surface area contributed by atoms with Gasteiger partial charge in [0.1, 0.15) is 17.2 Å². The fourth-order valence-corrected chi connectivity index (χ4v) is 2.09. The van der Waals surface area contributed by atoms with Gasteiger partial charge in [0.05, 0.1) is 27.0 Å². The minimum atomic E-state index is -0.327. The second-order valence-electron chi connectivity index (χ2n) is 4.69. The maximum atomic E-state index is 12.0. The van der Waals surface area contributed by atoms with Crippen molar-refractivity contribution in [2.45, 2.75) is 6.54 Å². The zero-order chi connectivity index (χ0) is 16.7. The summed E-state index contributed by atoms with van der Waals surface area (Å²) >= 11 is 0. The highest BCUT2D eigenvalue weighted by atomic mass is 16.5. The van der Waals surface area contributed by atoms with Crippen molar-refractivity contribution in [3.8, 4) is 17.2 Å². The van der Waals surface area contributed by atoms with Gasteiger partial charge >= 0.3 is 6.03 Å². The lowest BCUT2D eigenvalue weighted by Crippen LogP contribution is -2.28. The molecule has 0 atom stereocenters. The number of benzene rings is 2. The molecule has 0 spiro atoms. The molecule has 2 rings (SSSR count). The molecule has 2 aromatic carbocycles. The van der Waals surface area contributed by atoms with Gasteiger partial charge in [-0.3, -0.25) is 0 Å². The number of hydrogen-bond donors (Lipinski definition) is 2. The summed E-state index contributed by atoms with van der Waals surface area (Å²) in [6, 6.07) is 12.3. The Kier molecular flexibility index (Phi) is 5.68. The van der Waals surface area contributed by atoms with Gasteiger partial charge in [-0.2, -0.15) is 0 Å². The summed E-state index contributed by atoms with van der Waals surface area (Å²) in [6.45, 7) is 0.328. The van der Waals surface area contributed by atoms with Crippen LogP contribution in [0.2, 0.25) is 0 Å². The van der Waals surface area contributed by atoms with Crippen molar-refractivity contribution >= 4 is 11.7 Å². The number of para-hydroxylation sites is 2. The minimum Gasteiger partial charge on any atom is -0.497 e. The van der Waals surface area contributed by atoms with Crippen molar-refractivity contribution in [1.29, 1.82) is 0 Å². The second-order valence-corrected chi connectivity index (χ2v) is 4.69. The fraction of sp³-hybridized carbons (Fsp3) is 0.235. The van der Waals surface area contributed by atoms with Crippen LogP contribution in [0.5, 0.6) is 17.2 Å². The first-order chi connectivity index (χ1) is 11.2. The molecule has 0 aliphatic carbocycles. The number of hydrogen-bond acceptors (Lipinski definition) is 4. The van der Waals surface area contributed by atoms with Gasteiger partial charge in [0.15, 0.2) is 0 Å². The Morgan fingerprint density at radius 2 is 1.70 bits per heavy atom. The molecule has 0 saturated heterocycles. The Hall–Kier alpha value is -2.89. The molecule has 0 aromatic heterocycles. The van der Waals surface area contributed by atoms with Crippen LogP contribution in [0.25, 0.3) is 0 Å². The molecule has 0 aliphatic rings. The van der Waals surface area contributed by atoms with Crippen LogP contribution in [0, 0.1) is 0 Å². The van der Waals surface area contributed by atoms with Gasteiger partial charge in [0.2, 0.25) is 0 Å². The second kappa shape index (κ2) is 7.93. The molecule has 0 fully saturated rings. The van der Waals surface area contributed by atoms with Gasteiger partial charge in [0.25, 0.3) is 0 Å². The van der Waals surface area contributed by atoms with E-state index < -0.39 is 0 Å². The SMILES string of the molecule is COc1ccc(CNC(=O)Nc2ccccc2OC)c(OC)c1. The van der Waals surface area contributed by atoms with Crippen LogP contribution in [-0.4, -0.2) is 27.4 Å². The van der Waals surface area contributed by atoms with E-state index in [0.29, 0.717) is 29.5 Å². The highest BCUT2D eigenvalue weighted by Gasteiger charge is 2.09. The third-order valence-electron chi connectivity index (χ3n) is 3.29. The molecule has 2 aromatic rings. The highest BCUT2D eigenvalue weighted by Crippen LogP contribution is 2.25. The smallest absolute Gasteiger partial charge is 0.319 e. The Morgan fingerprint density at radius 1 is 0.957 bits per heavy atom. The van der Waals surface area contributed by atoms with E-state index in [1.165, 1.54) is 0 Å². The molecule has 23 heavy (non-hydrogen) atoms. The lowest BCUT2D eigenvalue weighted by atomic mass is 10.2. The topological polar surface area (TPSA) is 68.8 Å². The summed E-state index contributed by atoms with van der Waals surface area (Å²) in [5.74, 6) is 1.95. The number of anilines is 1. The zero-order valence-electron chi connectivity index (χ0n) is 13.4. The molecule has 0 heterocycles. The molecule has 6 nitrogen and oxygen atoms in total. The quantitative estimate of drug-likeness (QED) is 0.859. The number of ether oxygens (including phenoxy) is 3. The standard InChI is InChI=1S/C17H20N2O4/c1-21-13-9-8-12(16(10-13)23-3)11-18-17(20)19-14-6-4-5-7-15(14)22-2/h4-10H,11H2,1-3H3,(H2,18,19,20). The zero-order valence-corrected chi connectivity index (χ0v) is 13.4. The number of urea groups is 1. The number of carbonyl (C=O) groups is 1. The van der Waals surface area contributed by atoms with Crippen molar-refractivity contribution < 1.29 is 19.0 Å². The number of rotatable bonds is 6. The van der Waals surface area contributed by atoms with E-state index in [9.17, 15) is 4.79 Å². The molecule has 6 heteroatoms. The first-order valence-corrected chi connectivity index (χ1v) is 7.06. The van der Waals surface area contributed by atoms with Gasteiger partial charge < -0.3 is 24.8 Å².